The van der Waals surface area contributed by atoms with Crippen molar-refractivity contribution in [3.63, 3.8) is 0 Å². The fourth-order valence-corrected chi connectivity index (χ4v) is 4.05. The lowest BCUT2D eigenvalue weighted by molar-refractivity contribution is 0.737. The second-order valence-corrected chi connectivity index (χ2v) is 6.37. The van der Waals surface area contributed by atoms with Crippen molar-refractivity contribution in [1.82, 2.24) is 0 Å². The minimum absolute atomic E-state index is 0.287. The van der Waals surface area contributed by atoms with Crippen molar-refractivity contribution < 1.29 is 0 Å². The average molecular weight is 306 g/mol. The van der Waals surface area contributed by atoms with E-state index in [1.807, 2.05) is 12.1 Å². The van der Waals surface area contributed by atoms with Gasteiger partial charge in [0.1, 0.15) is 0 Å². The quantitative estimate of drug-likeness (QED) is 0.823. The van der Waals surface area contributed by atoms with Gasteiger partial charge in [-0.15, -0.1) is 0 Å². The fraction of sp³-hybridized carbons (Fsp3) is 0.294. The van der Waals surface area contributed by atoms with Crippen LogP contribution in [0.4, 0.5) is 0 Å². The molecule has 3 heteroatoms. The lowest BCUT2D eigenvalue weighted by atomic mass is 9.90. The summed E-state index contributed by atoms with van der Waals surface area (Å²) < 4.78 is 0. The van der Waals surface area contributed by atoms with Gasteiger partial charge in [-0.2, -0.15) is 0 Å². The number of benzene rings is 2. The lowest BCUT2D eigenvalue weighted by Crippen LogP contribution is -2.08. The number of halogens is 2. The van der Waals surface area contributed by atoms with Gasteiger partial charge < -0.3 is 5.73 Å². The molecular formula is C17H17Cl2N. The highest BCUT2D eigenvalue weighted by Gasteiger charge is 2.32. The molecule has 0 saturated carbocycles. The molecule has 0 amide bonds. The smallest absolute Gasteiger partial charge is 0.0465 e. The van der Waals surface area contributed by atoms with Gasteiger partial charge in [0.05, 0.1) is 0 Å². The van der Waals surface area contributed by atoms with Gasteiger partial charge in [-0.25, -0.2) is 0 Å². The molecule has 2 aromatic carbocycles. The normalized spacial score (nSPS) is 16.1. The maximum Gasteiger partial charge on any atom is 0.0465 e. The lowest BCUT2D eigenvalue weighted by Gasteiger charge is -2.16. The Morgan fingerprint density at radius 3 is 2.40 bits per heavy atom. The largest absolute Gasteiger partial charge is 0.330 e. The van der Waals surface area contributed by atoms with Crippen LogP contribution in [0.25, 0.3) is 11.1 Å². The van der Waals surface area contributed by atoms with Crippen LogP contribution in [-0.4, -0.2) is 6.54 Å². The summed E-state index contributed by atoms with van der Waals surface area (Å²) in [5.41, 5.74) is 13.4. The van der Waals surface area contributed by atoms with Crippen LogP contribution in [0.2, 0.25) is 10.0 Å². The summed E-state index contributed by atoms with van der Waals surface area (Å²) in [4.78, 5) is 0. The number of hydrogen-bond donors (Lipinski definition) is 1. The van der Waals surface area contributed by atoms with Crippen molar-refractivity contribution in [2.24, 2.45) is 5.73 Å². The Balaban J connectivity index is 2.34. The van der Waals surface area contributed by atoms with E-state index >= 15 is 0 Å². The maximum atomic E-state index is 6.46. The van der Waals surface area contributed by atoms with Crippen molar-refractivity contribution >= 4 is 23.2 Å². The van der Waals surface area contributed by atoms with Crippen LogP contribution in [-0.2, 0) is 0 Å². The van der Waals surface area contributed by atoms with E-state index in [1.54, 1.807) is 0 Å². The molecule has 0 aliphatic heterocycles. The molecule has 1 aliphatic carbocycles. The first-order valence-electron chi connectivity index (χ1n) is 6.83. The molecule has 3 rings (SSSR count). The van der Waals surface area contributed by atoms with E-state index < -0.39 is 0 Å². The van der Waals surface area contributed by atoms with Crippen LogP contribution in [0.1, 0.15) is 34.6 Å². The Morgan fingerprint density at radius 2 is 1.70 bits per heavy atom. The number of hydrogen-bond acceptors (Lipinski definition) is 1. The zero-order valence-electron chi connectivity index (χ0n) is 11.6. The van der Waals surface area contributed by atoms with E-state index in [-0.39, 0.29) is 5.92 Å². The Morgan fingerprint density at radius 1 is 1.00 bits per heavy atom. The van der Waals surface area contributed by atoms with E-state index in [9.17, 15) is 0 Å². The molecule has 1 unspecified atom stereocenters. The number of nitrogens with two attached hydrogens (primary N) is 1. The molecule has 0 aromatic heterocycles. The molecule has 0 fully saturated rings. The van der Waals surface area contributed by atoms with Crippen LogP contribution < -0.4 is 5.73 Å². The number of aryl methyl sites for hydroxylation is 2. The molecule has 0 radical (unpaired) electrons. The van der Waals surface area contributed by atoms with Gasteiger partial charge in [-0.1, -0.05) is 40.9 Å². The number of fused-ring (bicyclic) bond motifs is 3. The zero-order chi connectivity index (χ0) is 14.4. The van der Waals surface area contributed by atoms with Gasteiger partial charge in [0, 0.05) is 16.0 Å². The molecular weight excluding hydrogens is 289 g/mol. The van der Waals surface area contributed by atoms with Crippen molar-refractivity contribution in [3.8, 4) is 11.1 Å². The average Bonchev–Trinajstić information content (AvgIpc) is 2.64. The fourth-order valence-electron chi connectivity index (χ4n) is 3.43. The molecule has 20 heavy (non-hydrogen) atoms. The topological polar surface area (TPSA) is 26.0 Å². The van der Waals surface area contributed by atoms with Gasteiger partial charge >= 0.3 is 0 Å². The highest BCUT2D eigenvalue weighted by molar-refractivity contribution is 6.36. The third-order valence-electron chi connectivity index (χ3n) is 4.07. The van der Waals surface area contributed by atoms with Crippen molar-refractivity contribution in [3.05, 3.63) is 56.6 Å². The van der Waals surface area contributed by atoms with Crippen molar-refractivity contribution in [2.45, 2.75) is 26.2 Å². The molecule has 0 spiro atoms. The molecule has 0 saturated heterocycles. The summed E-state index contributed by atoms with van der Waals surface area (Å²) >= 11 is 12.7. The number of rotatable bonds is 2. The minimum atomic E-state index is 0.287. The minimum Gasteiger partial charge on any atom is -0.330 e. The van der Waals surface area contributed by atoms with E-state index in [0.717, 1.165) is 11.4 Å². The van der Waals surface area contributed by atoms with E-state index in [2.05, 4.69) is 26.0 Å². The van der Waals surface area contributed by atoms with Gasteiger partial charge in [0.25, 0.3) is 0 Å². The predicted molar refractivity (Wildman–Crippen MR) is 86.9 cm³/mol. The van der Waals surface area contributed by atoms with Gasteiger partial charge in [-0.3, -0.25) is 0 Å². The molecule has 1 atom stereocenters. The SMILES string of the molecule is Cc1cc(C)c2c(c1)-c1cc(Cl)cc(Cl)c1C2CCN. The highest BCUT2D eigenvalue weighted by Crippen LogP contribution is 2.51. The molecule has 0 heterocycles. The first-order chi connectivity index (χ1) is 9.52. The van der Waals surface area contributed by atoms with Gasteiger partial charge in [0.15, 0.2) is 0 Å². The summed E-state index contributed by atoms with van der Waals surface area (Å²) in [6, 6.07) is 8.31. The van der Waals surface area contributed by atoms with Crippen LogP contribution >= 0.6 is 23.2 Å². The molecule has 104 valence electrons. The van der Waals surface area contributed by atoms with Gasteiger partial charge in [-0.05, 0) is 66.8 Å². The maximum absolute atomic E-state index is 6.46. The second-order valence-electron chi connectivity index (χ2n) is 5.52. The van der Waals surface area contributed by atoms with Crippen LogP contribution in [0, 0.1) is 13.8 Å². The Hall–Kier alpha value is -1.02. The molecule has 1 aliphatic rings. The third kappa shape index (κ3) is 2.05. The summed E-state index contributed by atoms with van der Waals surface area (Å²) in [6.45, 7) is 4.93. The summed E-state index contributed by atoms with van der Waals surface area (Å²) in [5, 5.41) is 1.44. The predicted octanol–water partition coefficient (Wildman–Crippen LogP) is 5.07. The molecule has 2 N–H and O–H groups in total. The van der Waals surface area contributed by atoms with Crippen LogP contribution in [0.15, 0.2) is 24.3 Å². The zero-order valence-corrected chi connectivity index (χ0v) is 13.1. The van der Waals surface area contributed by atoms with Gasteiger partial charge in [0.2, 0.25) is 0 Å². The first kappa shape index (κ1) is 13.9. The standard InChI is InChI=1S/C17H17Cl2N/c1-9-5-10(2)16-12(3-4-20)17-14(13(16)6-9)7-11(18)8-15(17)19/h5-8,12H,3-4,20H2,1-2H3. The second kappa shape index (κ2) is 5.07. The first-order valence-corrected chi connectivity index (χ1v) is 7.59. The molecule has 2 aromatic rings. The third-order valence-corrected chi connectivity index (χ3v) is 4.60. The summed E-state index contributed by atoms with van der Waals surface area (Å²) in [5.74, 6) is 0.287. The van der Waals surface area contributed by atoms with Crippen LogP contribution in [0.3, 0.4) is 0 Å². The van der Waals surface area contributed by atoms with Crippen molar-refractivity contribution in [2.75, 3.05) is 6.54 Å². The molecule has 1 nitrogen and oxygen atoms in total. The van der Waals surface area contributed by atoms with E-state index in [1.165, 1.54) is 33.4 Å². The van der Waals surface area contributed by atoms with E-state index in [0.29, 0.717) is 11.6 Å². The van der Waals surface area contributed by atoms with Crippen LogP contribution in [0.5, 0.6) is 0 Å². The van der Waals surface area contributed by atoms with Crippen molar-refractivity contribution in [1.29, 1.82) is 0 Å². The highest BCUT2D eigenvalue weighted by atomic mass is 35.5. The Bertz CT molecular complexity index is 634. The van der Waals surface area contributed by atoms with E-state index in [4.69, 9.17) is 28.9 Å². The summed E-state index contributed by atoms with van der Waals surface area (Å²) in [6.07, 6.45) is 0.908. The molecule has 0 bridgehead atoms. The Kier molecular flexibility index (Phi) is 3.53. The Labute approximate surface area is 129 Å². The monoisotopic (exact) mass is 305 g/mol. The summed E-state index contributed by atoms with van der Waals surface area (Å²) in [7, 11) is 0.